The third kappa shape index (κ3) is 4.66. The van der Waals surface area contributed by atoms with Gasteiger partial charge in [-0.25, -0.2) is 0 Å². The number of benzene rings is 1. The molecule has 140 valence electrons. The van der Waals surface area contributed by atoms with Crippen LogP contribution in [0.15, 0.2) is 18.2 Å². The molecule has 2 fully saturated rings. The molecule has 1 aliphatic heterocycles. The molecule has 2 aliphatic rings. The largest absolute Gasteiger partial charge is 0.493 e. The Balaban J connectivity index is 1.59. The second kappa shape index (κ2) is 8.88. The number of aliphatic hydroxyl groups is 1. The number of hydrogen-bond acceptors (Lipinski definition) is 5. The summed E-state index contributed by atoms with van der Waals surface area (Å²) in [6.45, 7) is -0.477. The van der Waals surface area contributed by atoms with E-state index in [9.17, 15) is 5.11 Å². The average molecular weight is 351 g/mol. The highest BCUT2D eigenvalue weighted by atomic mass is 16.5. The second-order valence-electron chi connectivity index (χ2n) is 6.87. The molecule has 0 aromatic heterocycles. The lowest BCUT2D eigenvalue weighted by molar-refractivity contribution is -0.0316. The fraction of sp³-hybridized carbons (Fsp3) is 0.700. The molecule has 1 saturated carbocycles. The summed E-state index contributed by atoms with van der Waals surface area (Å²) >= 11 is 0. The van der Waals surface area contributed by atoms with E-state index in [0.717, 1.165) is 37.7 Å². The Hall–Kier alpha value is -1.30. The number of nitrogens with zero attached hydrogens (tertiary/aromatic N) is 1. The van der Waals surface area contributed by atoms with Gasteiger partial charge in [0.15, 0.2) is 11.5 Å². The molecule has 25 heavy (non-hydrogen) atoms. The maximum atomic E-state index is 9.92. The van der Waals surface area contributed by atoms with Crippen LogP contribution in [0.25, 0.3) is 0 Å². The predicted molar refractivity (Wildman–Crippen MR) is 97.4 cm³/mol. The molecule has 0 amide bonds. The standard InChI is InChI=1S/C20H31NO4/c1-23-19-8-7-15(13-20(19)24-2)10-12-25-18-6-4-3-5-17(18)21-11-9-16(22)14-21/h7-8,13,16-18,22H,3-6,9-12,14H2,1-2H3/t16-,17-,18?/m1/s1/i11D2. The molecule has 3 atom stereocenters. The Morgan fingerprint density at radius 3 is 2.68 bits per heavy atom. The topological polar surface area (TPSA) is 51.2 Å². The van der Waals surface area contributed by atoms with Gasteiger partial charge in [0.25, 0.3) is 0 Å². The van der Waals surface area contributed by atoms with Gasteiger partial charge in [-0.2, -0.15) is 0 Å². The van der Waals surface area contributed by atoms with Crippen LogP contribution in [0.1, 0.15) is 40.4 Å². The van der Waals surface area contributed by atoms with Gasteiger partial charge in [0.2, 0.25) is 0 Å². The molecule has 1 unspecified atom stereocenters. The zero-order valence-electron chi connectivity index (χ0n) is 17.2. The van der Waals surface area contributed by atoms with Crippen molar-refractivity contribution < 1.29 is 22.1 Å². The summed E-state index contributed by atoms with van der Waals surface area (Å²) in [5.41, 5.74) is 1.12. The fourth-order valence-electron chi connectivity index (χ4n) is 3.82. The summed E-state index contributed by atoms with van der Waals surface area (Å²) in [5.74, 6) is 1.43. The predicted octanol–water partition coefficient (Wildman–Crippen LogP) is 2.64. The zero-order valence-corrected chi connectivity index (χ0v) is 15.2. The molecule has 3 rings (SSSR count). The van der Waals surface area contributed by atoms with Crippen molar-refractivity contribution in [2.45, 2.75) is 56.8 Å². The monoisotopic (exact) mass is 351 g/mol. The molecule has 1 heterocycles. The minimum atomic E-state index is -1.45. The first-order valence-corrected chi connectivity index (χ1v) is 9.22. The second-order valence-corrected chi connectivity index (χ2v) is 6.87. The van der Waals surface area contributed by atoms with Crippen molar-refractivity contribution in [2.24, 2.45) is 0 Å². The van der Waals surface area contributed by atoms with Crippen LogP contribution in [-0.4, -0.2) is 62.1 Å². The van der Waals surface area contributed by atoms with Gasteiger partial charge in [-0.1, -0.05) is 18.9 Å². The third-order valence-electron chi connectivity index (χ3n) is 5.18. The molecule has 5 nitrogen and oxygen atoms in total. The maximum absolute atomic E-state index is 9.92. The molecular weight excluding hydrogens is 318 g/mol. The Morgan fingerprint density at radius 1 is 1.16 bits per heavy atom. The highest BCUT2D eigenvalue weighted by molar-refractivity contribution is 5.42. The van der Waals surface area contributed by atoms with Crippen LogP contribution < -0.4 is 9.47 Å². The minimum absolute atomic E-state index is 0.0132. The number of likely N-dealkylation sites (tertiary alicyclic amines) is 1. The molecule has 1 aromatic rings. The van der Waals surface area contributed by atoms with Gasteiger partial charge in [0, 0.05) is 21.8 Å². The number of β-amino-alcohol motifs (C(OH)–C–C–N with tert-alkyl or cyclic N) is 1. The van der Waals surface area contributed by atoms with E-state index in [2.05, 4.69) is 0 Å². The van der Waals surface area contributed by atoms with E-state index >= 15 is 0 Å². The molecule has 1 aromatic carbocycles. The van der Waals surface area contributed by atoms with Crippen molar-refractivity contribution in [1.29, 1.82) is 0 Å². The quantitative estimate of drug-likeness (QED) is 0.818. The van der Waals surface area contributed by atoms with E-state index in [1.165, 1.54) is 0 Å². The third-order valence-corrected chi connectivity index (χ3v) is 5.18. The first kappa shape index (κ1) is 15.9. The van der Waals surface area contributed by atoms with Crippen molar-refractivity contribution in [2.75, 3.05) is 33.9 Å². The number of methoxy groups -OCH3 is 2. The first-order valence-electron chi connectivity index (χ1n) is 10.2. The lowest BCUT2D eigenvalue weighted by Gasteiger charge is -2.37. The molecule has 1 saturated heterocycles. The van der Waals surface area contributed by atoms with Crippen molar-refractivity contribution >= 4 is 0 Å². The van der Waals surface area contributed by atoms with E-state index < -0.39 is 12.6 Å². The van der Waals surface area contributed by atoms with Crippen molar-refractivity contribution in [3.63, 3.8) is 0 Å². The summed E-state index contributed by atoms with van der Waals surface area (Å²) in [6.07, 6.45) is 4.43. The van der Waals surface area contributed by atoms with Gasteiger partial charge in [-0.15, -0.1) is 0 Å². The van der Waals surface area contributed by atoms with Gasteiger partial charge < -0.3 is 19.3 Å². The molecule has 0 radical (unpaired) electrons. The summed E-state index contributed by atoms with van der Waals surface area (Å²) in [6, 6.07) is 5.92. The highest BCUT2D eigenvalue weighted by Gasteiger charge is 2.34. The molecular formula is C20H31NO4. The molecule has 0 bridgehead atoms. The minimum Gasteiger partial charge on any atom is -0.493 e. The van der Waals surface area contributed by atoms with Gasteiger partial charge in [-0.3, -0.25) is 4.90 Å². The Morgan fingerprint density at radius 2 is 1.96 bits per heavy atom. The lowest BCUT2D eigenvalue weighted by atomic mass is 9.91. The summed E-state index contributed by atoms with van der Waals surface area (Å²) in [7, 11) is 3.25. The van der Waals surface area contributed by atoms with E-state index in [-0.39, 0.29) is 18.6 Å². The van der Waals surface area contributed by atoms with Gasteiger partial charge in [-0.05, 0) is 43.4 Å². The average Bonchev–Trinajstić information content (AvgIpc) is 2.94. The summed E-state index contributed by atoms with van der Waals surface area (Å²) in [5, 5.41) is 9.92. The van der Waals surface area contributed by atoms with Gasteiger partial charge in [0.05, 0.1) is 33.0 Å². The highest BCUT2D eigenvalue weighted by Crippen LogP contribution is 2.30. The number of rotatable bonds is 7. The van der Waals surface area contributed by atoms with Crippen molar-refractivity contribution in [3.8, 4) is 11.5 Å². The molecule has 0 spiro atoms. The number of aliphatic hydroxyl groups excluding tert-OH is 1. The van der Waals surface area contributed by atoms with Crippen LogP contribution in [0.5, 0.6) is 11.5 Å². The zero-order chi connectivity index (χ0) is 19.4. The Labute approximate surface area is 153 Å². The van der Waals surface area contributed by atoms with Crippen LogP contribution in [-0.2, 0) is 11.2 Å². The Kier molecular flexibility index (Phi) is 5.65. The Bertz CT molecular complexity index is 628. The SMILES string of the molecule is [2H]C1([2H])C[C@@H](O)CN1[C@@H]1CCCCC1OCCc1ccc(OC)c(OC)c1. The maximum Gasteiger partial charge on any atom is 0.160 e. The van der Waals surface area contributed by atoms with E-state index in [1.807, 2.05) is 23.1 Å². The normalized spacial score (nSPS) is 30.6. The van der Waals surface area contributed by atoms with E-state index in [1.54, 1.807) is 14.2 Å². The van der Waals surface area contributed by atoms with Crippen LogP contribution in [0.2, 0.25) is 0 Å². The van der Waals surface area contributed by atoms with Crippen molar-refractivity contribution in [1.82, 2.24) is 4.90 Å². The van der Waals surface area contributed by atoms with E-state index in [4.69, 9.17) is 17.0 Å². The van der Waals surface area contributed by atoms with Crippen LogP contribution >= 0.6 is 0 Å². The van der Waals surface area contributed by atoms with Crippen LogP contribution in [0.3, 0.4) is 0 Å². The van der Waals surface area contributed by atoms with Crippen LogP contribution in [0.4, 0.5) is 0 Å². The van der Waals surface area contributed by atoms with Crippen molar-refractivity contribution in [3.05, 3.63) is 23.8 Å². The lowest BCUT2D eigenvalue weighted by Crippen LogP contribution is -2.46. The first-order chi connectivity index (χ1) is 12.9. The fourth-order valence-corrected chi connectivity index (χ4v) is 3.82. The van der Waals surface area contributed by atoms with Crippen LogP contribution in [0, 0.1) is 0 Å². The number of hydrogen-bond donors (Lipinski definition) is 1. The molecule has 5 heteroatoms. The van der Waals surface area contributed by atoms with E-state index in [0.29, 0.717) is 24.7 Å². The smallest absolute Gasteiger partial charge is 0.160 e. The summed E-state index contributed by atoms with van der Waals surface area (Å²) < 4.78 is 33.3. The molecule has 1 N–H and O–H groups in total. The van der Waals surface area contributed by atoms with Gasteiger partial charge >= 0.3 is 0 Å². The van der Waals surface area contributed by atoms with Gasteiger partial charge in [0.1, 0.15) is 0 Å². The summed E-state index contributed by atoms with van der Waals surface area (Å²) in [4.78, 5) is 1.83. The number of ether oxygens (including phenoxy) is 3. The molecule has 1 aliphatic carbocycles.